The molecule has 0 radical (unpaired) electrons. The van der Waals surface area contributed by atoms with Crippen molar-refractivity contribution in [2.45, 2.75) is 50.1 Å². The molecule has 154 valence electrons. The summed E-state index contributed by atoms with van der Waals surface area (Å²) in [5.41, 5.74) is 1.55. The highest BCUT2D eigenvalue weighted by Crippen LogP contribution is 2.33. The molecule has 3 heterocycles. The molecule has 2 aromatic rings. The first-order chi connectivity index (χ1) is 13.8. The number of fused-ring (bicyclic) bond motifs is 1. The lowest BCUT2D eigenvalue weighted by Crippen LogP contribution is -2.42. The number of rotatable bonds is 4. The van der Waals surface area contributed by atoms with Crippen molar-refractivity contribution in [1.82, 2.24) is 8.87 Å². The fourth-order valence-electron chi connectivity index (χ4n) is 4.24. The molecule has 2 aliphatic rings. The van der Waals surface area contributed by atoms with Crippen molar-refractivity contribution in [2.75, 3.05) is 18.0 Å². The standard InChI is InChI=1S/C21H25N3O4S/c1-15-13-17-7-3-4-8-19(17)24(15)21(26)16(2)23-14-18(9-10-20(23)25)29(27,28)22-11-5-6-12-22/h3-4,7-10,14-16H,5-6,11-13H2,1-2H3/t15-,16+/m1/s1. The Balaban J connectivity index is 1.68. The maximum absolute atomic E-state index is 13.3. The van der Waals surface area contributed by atoms with Crippen molar-refractivity contribution in [2.24, 2.45) is 0 Å². The Labute approximate surface area is 170 Å². The number of aromatic nitrogens is 1. The molecule has 8 heteroatoms. The first kappa shape index (κ1) is 19.8. The second-order valence-corrected chi connectivity index (χ2v) is 9.73. The van der Waals surface area contributed by atoms with Crippen LogP contribution in [0, 0.1) is 0 Å². The first-order valence-corrected chi connectivity index (χ1v) is 11.4. The molecule has 1 fully saturated rings. The normalized spacial score (nSPS) is 20.6. The molecule has 1 aromatic heterocycles. The molecule has 29 heavy (non-hydrogen) atoms. The first-order valence-electron chi connectivity index (χ1n) is 9.94. The summed E-state index contributed by atoms with van der Waals surface area (Å²) in [5, 5.41) is 0. The number of benzene rings is 1. The van der Waals surface area contributed by atoms with Crippen molar-refractivity contribution in [3.63, 3.8) is 0 Å². The Hall–Kier alpha value is -2.45. The lowest BCUT2D eigenvalue weighted by Gasteiger charge is -2.27. The molecule has 0 bridgehead atoms. The van der Waals surface area contributed by atoms with Gasteiger partial charge in [0, 0.05) is 37.1 Å². The van der Waals surface area contributed by atoms with Crippen LogP contribution in [0.15, 0.2) is 52.3 Å². The van der Waals surface area contributed by atoms with Crippen LogP contribution in [0.1, 0.15) is 38.3 Å². The van der Waals surface area contributed by atoms with Gasteiger partial charge in [0.1, 0.15) is 6.04 Å². The average molecular weight is 416 g/mol. The van der Waals surface area contributed by atoms with Gasteiger partial charge in [-0.15, -0.1) is 0 Å². The monoisotopic (exact) mass is 415 g/mol. The minimum absolute atomic E-state index is 0.0189. The topological polar surface area (TPSA) is 79.7 Å². The number of hydrogen-bond donors (Lipinski definition) is 0. The van der Waals surface area contributed by atoms with Gasteiger partial charge in [-0.25, -0.2) is 8.42 Å². The van der Waals surface area contributed by atoms with Gasteiger partial charge in [0.2, 0.25) is 15.9 Å². The van der Waals surface area contributed by atoms with E-state index in [1.54, 1.807) is 11.8 Å². The number of anilines is 1. The summed E-state index contributed by atoms with van der Waals surface area (Å²) in [6.45, 7) is 4.58. The third-order valence-electron chi connectivity index (χ3n) is 5.83. The van der Waals surface area contributed by atoms with Crippen LogP contribution < -0.4 is 10.5 Å². The second kappa shape index (κ2) is 7.42. The summed E-state index contributed by atoms with van der Waals surface area (Å²) in [6.07, 6.45) is 3.73. The van der Waals surface area contributed by atoms with E-state index >= 15 is 0 Å². The van der Waals surface area contributed by atoms with E-state index < -0.39 is 21.6 Å². The van der Waals surface area contributed by atoms with Crippen molar-refractivity contribution in [3.05, 3.63) is 58.5 Å². The van der Waals surface area contributed by atoms with Gasteiger partial charge in [-0.2, -0.15) is 4.31 Å². The van der Waals surface area contributed by atoms with E-state index in [2.05, 4.69) is 0 Å². The number of nitrogens with zero attached hydrogens (tertiary/aromatic N) is 3. The van der Waals surface area contributed by atoms with E-state index in [0.717, 1.165) is 30.5 Å². The fraction of sp³-hybridized carbons (Fsp3) is 0.429. The van der Waals surface area contributed by atoms with Gasteiger partial charge >= 0.3 is 0 Å². The van der Waals surface area contributed by atoms with Gasteiger partial charge in [-0.1, -0.05) is 18.2 Å². The number of para-hydroxylation sites is 1. The molecule has 2 aliphatic heterocycles. The Bertz CT molecular complexity index is 1100. The fourth-order valence-corrected chi connectivity index (χ4v) is 5.76. The quantitative estimate of drug-likeness (QED) is 0.767. The van der Waals surface area contributed by atoms with Gasteiger partial charge in [-0.05, 0) is 50.8 Å². The maximum Gasteiger partial charge on any atom is 0.251 e. The minimum atomic E-state index is -3.67. The van der Waals surface area contributed by atoms with Crippen molar-refractivity contribution >= 4 is 21.6 Å². The lowest BCUT2D eigenvalue weighted by atomic mass is 10.1. The Morgan fingerprint density at radius 3 is 2.52 bits per heavy atom. The largest absolute Gasteiger partial charge is 0.307 e. The third kappa shape index (κ3) is 3.40. The van der Waals surface area contributed by atoms with Gasteiger partial charge in [0.25, 0.3) is 5.56 Å². The molecule has 4 rings (SSSR count). The number of sulfonamides is 1. The van der Waals surface area contributed by atoms with Crippen LogP contribution in [0.3, 0.4) is 0 Å². The van der Waals surface area contributed by atoms with Crippen molar-refractivity contribution < 1.29 is 13.2 Å². The van der Waals surface area contributed by atoms with Crippen LogP contribution in [-0.4, -0.2) is 42.3 Å². The van der Waals surface area contributed by atoms with E-state index in [9.17, 15) is 18.0 Å². The molecular weight excluding hydrogens is 390 g/mol. The molecule has 7 nitrogen and oxygen atoms in total. The maximum atomic E-state index is 13.3. The predicted octanol–water partition coefficient (Wildman–Crippen LogP) is 2.17. The zero-order chi connectivity index (χ0) is 20.8. The smallest absolute Gasteiger partial charge is 0.251 e. The third-order valence-corrected chi connectivity index (χ3v) is 7.72. The van der Waals surface area contributed by atoms with E-state index in [1.807, 2.05) is 31.2 Å². The van der Waals surface area contributed by atoms with Gasteiger partial charge in [0.05, 0.1) is 4.90 Å². The van der Waals surface area contributed by atoms with Gasteiger partial charge in [0.15, 0.2) is 0 Å². The summed E-state index contributed by atoms with van der Waals surface area (Å²) in [7, 11) is -3.67. The van der Waals surface area contributed by atoms with Crippen LogP contribution in [-0.2, 0) is 21.2 Å². The van der Waals surface area contributed by atoms with E-state index in [-0.39, 0.29) is 16.8 Å². The highest BCUT2D eigenvalue weighted by atomic mass is 32.2. The summed E-state index contributed by atoms with van der Waals surface area (Å²) >= 11 is 0. The zero-order valence-electron chi connectivity index (χ0n) is 16.6. The molecule has 0 unspecified atom stereocenters. The molecule has 1 saturated heterocycles. The Kier molecular flexibility index (Phi) is 5.08. The van der Waals surface area contributed by atoms with E-state index in [0.29, 0.717) is 13.1 Å². The molecule has 0 N–H and O–H groups in total. The average Bonchev–Trinajstić information content (AvgIpc) is 3.35. The molecule has 0 aliphatic carbocycles. The van der Waals surface area contributed by atoms with Crippen molar-refractivity contribution in [3.8, 4) is 0 Å². The minimum Gasteiger partial charge on any atom is -0.307 e. The van der Waals surface area contributed by atoms with Gasteiger partial charge < -0.3 is 9.47 Å². The second-order valence-electron chi connectivity index (χ2n) is 7.79. The van der Waals surface area contributed by atoms with Crippen LogP contribution in [0.5, 0.6) is 0 Å². The van der Waals surface area contributed by atoms with Crippen LogP contribution in [0.4, 0.5) is 5.69 Å². The Morgan fingerprint density at radius 1 is 1.10 bits per heavy atom. The lowest BCUT2D eigenvalue weighted by molar-refractivity contribution is -0.121. The molecule has 1 aromatic carbocycles. The van der Waals surface area contributed by atoms with Crippen LogP contribution in [0.25, 0.3) is 0 Å². The number of carbonyl (C=O) groups is 1. The summed E-state index contributed by atoms with van der Waals surface area (Å²) in [4.78, 5) is 27.6. The number of amides is 1. The van der Waals surface area contributed by atoms with E-state index in [4.69, 9.17) is 0 Å². The van der Waals surface area contributed by atoms with Crippen LogP contribution in [0.2, 0.25) is 0 Å². The Morgan fingerprint density at radius 2 is 1.79 bits per heavy atom. The number of pyridine rings is 1. The molecular formula is C21H25N3O4S. The van der Waals surface area contributed by atoms with Crippen molar-refractivity contribution in [1.29, 1.82) is 0 Å². The SMILES string of the molecule is C[C@@H]1Cc2ccccc2N1C(=O)[C@H](C)n1cc(S(=O)(=O)N2CCCC2)ccc1=O. The molecule has 1 amide bonds. The molecule has 0 saturated carbocycles. The highest BCUT2D eigenvalue weighted by Gasteiger charge is 2.34. The number of hydrogen-bond acceptors (Lipinski definition) is 4. The molecule has 2 atom stereocenters. The summed E-state index contributed by atoms with van der Waals surface area (Å²) in [6, 6.07) is 9.46. The summed E-state index contributed by atoms with van der Waals surface area (Å²) in [5.74, 6) is -0.222. The summed E-state index contributed by atoms with van der Waals surface area (Å²) < 4.78 is 28.4. The predicted molar refractivity (Wildman–Crippen MR) is 110 cm³/mol. The molecule has 0 spiro atoms. The van der Waals surface area contributed by atoms with E-state index in [1.165, 1.54) is 27.2 Å². The van der Waals surface area contributed by atoms with Crippen LogP contribution >= 0.6 is 0 Å². The zero-order valence-corrected chi connectivity index (χ0v) is 17.4. The van der Waals surface area contributed by atoms with Gasteiger partial charge in [-0.3, -0.25) is 9.59 Å². The highest BCUT2D eigenvalue weighted by molar-refractivity contribution is 7.89. The number of carbonyl (C=O) groups excluding carboxylic acids is 1.